The average Bonchev–Trinajstić information content (AvgIpc) is 0.744. The summed E-state index contributed by atoms with van der Waals surface area (Å²) in [6.45, 7) is 0. The molecule has 0 aromatic heterocycles. The quantitative estimate of drug-likeness (QED) is 0.0681. The first-order valence-electron chi connectivity index (χ1n) is 35.2. The van der Waals surface area contributed by atoms with Crippen molar-refractivity contribution in [3.05, 3.63) is 492 Å². The first-order valence-corrected chi connectivity index (χ1v) is 45.2. The van der Waals surface area contributed by atoms with Gasteiger partial charge < -0.3 is 0 Å². The van der Waals surface area contributed by atoms with Crippen molar-refractivity contribution in [2.45, 2.75) is 0 Å². The summed E-state index contributed by atoms with van der Waals surface area (Å²) in [6.07, 6.45) is -2.43. The van der Waals surface area contributed by atoms with E-state index in [1.54, 1.807) is 0 Å². The Kier molecular flexibility index (Phi) is 26.1. The van der Waals surface area contributed by atoms with Crippen LogP contribution in [0.2, 0.25) is 0 Å². The Morgan fingerprint density at radius 2 is 0.202 bits per heavy atom. The molecule has 16 rings (SSSR count). The molecule has 0 aliphatic heterocycles. The van der Waals surface area contributed by atoms with Crippen molar-refractivity contribution in [2.75, 3.05) is 0 Å². The normalized spacial score (nSPS) is 11.1. The molecular formula is C96H80B2N2Se4. The van der Waals surface area contributed by atoms with Gasteiger partial charge in [-0.3, -0.25) is 0 Å². The zero-order valence-corrected chi connectivity index (χ0v) is 64.7. The Morgan fingerprint density at radius 1 is 0.115 bits per heavy atom. The van der Waals surface area contributed by atoms with Gasteiger partial charge in [0.15, 0.2) is 0 Å². The van der Waals surface area contributed by atoms with Crippen molar-refractivity contribution in [1.82, 2.24) is 0 Å². The summed E-state index contributed by atoms with van der Waals surface area (Å²) < 4.78 is 22.1. The summed E-state index contributed by atoms with van der Waals surface area (Å²) in [7, 11) is 0. The minimum atomic E-state index is -1.50. The van der Waals surface area contributed by atoms with Gasteiger partial charge in [-0.25, -0.2) is 0 Å². The molecule has 0 radical (unpaired) electrons. The van der Waals surface area contributed by atoms with Gasteiger partial charge in [0, 0.05) is 0 Å². The third-order valence-electron chi connectivity index (χ3n) is 18.4. The van der Waals surface area contributed by atoms with Crippen LogP contribution in [0.5, 0.6) is 0 Å². The van der Waals surface area contributed by atoms with E-state index in [-0.39, 0.29) is 0 Å². The number of hydrogen-bond donors (Lipinski definition) is 0. The second-order valence-electron chi connectivity index (χ2n) is 24.8. The summed E-state index contributed by atoms with van der Waals surface area (Å²) in [5, 5.41) is 0. The maximum atomic E-state index is 5.61. The molecule has 0 bridgehead atoms. The number of benzene rings is 16. The molecule has 0 saturated heterocycles. The second kappa shape index (κ2) is 37.7. The fourth-order valence-electron chi connectivity index (χ4n) is 13.7. The average molecular weight is 1600 g/mol. The van der Waals surface area contributed by atoms with E-state index in [0.717, 1.165) is 0 Å². The summed E-state index contributed by atoms with van der Waals surface area (Å²) in [5.74, 6) is 0. The standard InChI is InChI=1S/2C24H20B.2C24H20NSe2/c2*1-5-13-21(14-6-1)25(22-15-7-2-8-16-22,23-17-9-3-10-18-23)24-19-11-4-12-20-24;2*1-5-13-21(14-6-1)26(22-15-7-2-8-16-22)25-27(23-17-9-3-10-18-23)24-19-11-4-12-20-24/h2*1-20H;2*1-20H/q2*-1;2*+1. The molecule has 504 valence electrons. The van der Waals surface area contributed by atoms with Crippen LogP contribution in [0.1, 0.15) is 0 Å². The third-order valence-corrected chi connectivity index (χ3v) is 38.2. The Hall–Kier alpha value is -10.4. The molecule has 0 aliphatic rings. The summed E-state index contributed by atoms with van der Waals surface area (Å²) in [5.41, 5.74) is 10.7. The van der Waals surface area contributed by atoms with Gasteiger partial charge in [0.2, 0.25) is 0 Å². The van der Waals surface area contributed by atoms with E-state index in [0.29, 0.717) is 0 Å². The van der Waals surface area contributed by atoms with E-state index in [4.69, 9.17) is 6.70 Å². The van der Waals surface area contributed by atoms with Crippen molar-refractivity contribution >= 4 is 148 Å². The molecule has 0 spiro atoms. The molecule has 0 aliphatic carbocycles. The van der Waals surface area contributed by atoms with Crippen LogP contribution >= 0.6 is 0 Å². The first kappa shape index (κ1) is 72.0. The molecule has 0 unspecified atom stereocenters. The molecule has 0 saturated carbocycles. The number of rotatable bonds is 20. The van der Waals surface area contributed by atoms with Gasteiger partial charge in [-0.05, 0) is 0 Å². The van der Waals surface area contributed by atoms with Gasteiger partial charge in [-0.15, -0.1) is 0 Å². The molecule has 0 heterocycles. The molecule has 0 atom stereocenters. The predicted octanol–water partition coefficient (Wildman–Crippen LogP) is 12.1. The number of nitrogens with zero attached hydrogens (tertiary/aromatic N) is 2. The Morgan fingerprint density at radius 3 is 0.298 bits per heavy atom. The van der Waals surface area contributed by atoms with Crippen LogP contribution in [-0.2, 0) is 0 Å². The zero-order valence-electron chi connectivity index (χ0n) is 57.9. The molecule has 0 N–H and O–H groups in total. The topological polar surface area (TPSA) is 28.2 Å². The molecule has 0 amide bonds. The second-order valence-corrected chi connectivity index (χ2v) is 41.4. The van der Waals surface area contributed by atoms with Gasteiger partial charge in [-0.1, -0.05) is 243 Å². The Bertz CT molecular complexity index is 4060. The Balaban J connectivity index is 0.000000123. The molecular weight excluding hydrogens is 1520 g/mol. The fourth-order valence-corrected chi connectivity index (χ4v) is 35.8. The molecule has 8 heteroatoms. The van der Waals surface area contributed by atoms with Crippen LogP contribution in [0.4, 0.5) is 0 Å². The van der Waals surface area contributed by atoms with E-state index < -0.39 is 68.8 Å². The maximum absolute atomic E-state index is 5.61. The van der Waals surface area contributed by atoms with Crippen LogP contribution in [0.3, 0.4) is 0 Å². The molecule has 104 heavy (non-hydrogen) atoms. The van der Waals surface area contributed by atoms with Crippen molar-refractivity contribution in [1.29, 1.82) is 0 Å². The van der Waals surface area contributed by atoms with Gasteiger partial charge in [-0.2, -0.15) is 43.7 Å². The summed E-state index contributed by atoms with van der Waals surface area (Å²) >= 11 is -5.99. The Labute approximate surface area is 634 Å². The van der Waals surface area contributed by atoms with Crippen LogP contribution in [0.15, 0.2) is 485 Å². The summed E-state index contributed by atoms with van der Waals surface area (Å²) in [6, 6.07) is 174. The van der Waals surface area contributed by atoms with Gasteiger partial charge in [0.25, 0.3) is 0 Å². The SMILES string of the molecule is c1ccc([B-](c2ccccc2)(c2ccccc2)c2ccccc2)cc1.c1ccc([B-](c2ccccc2)(c2ccccc2)c2ccccc2)cc1.c1ccc([Se+]([N-][Se+](c2ccccc2)c2ccccc2)c2ccccc2)cc1.c1ccc([Se+]([N-][Se+](c2ccccc2)c2ccccc2)c2ccccc2)cc1. The monoisotopic (exact) mass is 1600 g/mol. The minimum absolute atomic E-state index is 1.22. The fraction of sp³-hybridized carbons (Fsp3) is 0. The predicted molar refractivity (Wildman–Crippen MR) is 458 cm³/mol. The van der Waals surface area contributed by atoms with Gasteiger partial charge in [0.05, 0.1) is 0 Å². The third kappa shape index (κ3) is 17.8. The van der Waals surface area contributed by atoms with E-state index in [1.807, 2.05) is 0 Å². The zero-order chi connectivity index (χ0) is 70.5. The van der Waals surface area contributed by atoms with Gasteiger partial charge >= 0.3 is 342 Å². The molecule has 16 aromatic carbocycles. The number of hydrogen-bond acceptors (Lipinski definition) is 0. The van der Waals surface area contributed by atoms with Crippen molar-refractivity contribution in [3.8, 4) is 0 Å². The molecule has 16 aromatic rings. The van der Waals surface area contributed by atoms with Crippen LogP contribution in [0.25, 0.3) is 6.70 Å². The van der Waals surface area contributed by atoms with Crippen LogP contribution in [-0.4, -0.2) is 68.8 Å². The van der Waals surface area contributed by atoms with Crippen molar-refractivity contribution < 1.29 is 0 Å². The van der Waals surface area contributed by atoms with E-state index in [9.17, 15) is 0 Å². The summed E-state index contributed by atoms with van der Waals surface area (Å²) in [4.78, 5) is 0. The van der Waals surface area contributed by atoms with Gasteiger partial charge in [0.1, 0.15) is 12.3 Å². The van der Waals surface area contributed by atoms with E-state index >= 15 is 0 Å². The van der Waals surface area contributed by atoms with Crippen molar-refractivity contribution in [2.24, 2.45) is 0 Å². The first-order chi connectivity index (χ1) is 51.7. The van der Waals surface area contributed by atoms with Crippen molar-refractivity contribution in [3.63, 3.8) is 0 Å². The van der Waals surface area contributed by atoms with E-state index in [1.165, 1.54) is 79.4 Å². The van der Waals surface area contributed by atoms with E-state index in [2.05, 4.69) is 485 Å². The van der Waals surface area contributed by atoms with Crippen LogP contribution < -0.4 is 79.4 Å². The molecule has 2 nitrogen and oxygen atoms in total. The van der Waals surface area contributed by atoms with Crippen LogP contribution in [0, 0.1) is 0 Å². The molecule has 0 fully saturated rings.